The molecule has 0 spiro atoms. The van der Waals surface area contributed by atoms with Crippen LogP contribution in [0.15, 0.2) is 108 Å². The van der Waals surface area contributed by atoms with Gasteiger partial charge in [0, 0.05) is 97.6 Å². The van der Waals surface area contributed by atoms with E-state index in [0.29, 0.717) is 54.8 Å². The molecule has 0 saturated heterocycles. The lowest BCUT2D eigenvalue weighted by molar-refractivity contribution is -0.136. The molecule has 122 heavy (non-hydrogen) atoms. The number of anilines is 5. The molecule has 0 radical (unpaired) electrons. The van der Waals surface area contributed by atoms with E-state index in [2.05, 4.69) is 204 Å². The van der Waals surface area contributed by atoms with Gasteiger partial charge in [-0.05, 0) is 188 Å². The number of unbranched alkanes of at least 4 members (excludes halogenated alkanes) is 3. The lowest BCUT2D eigenvalue weighted by atomic mass is 9.94. The lowest BCUT2D eigenvalue weighted by Gasteiger charge is -2.25. The number of aromatic nitrogens is 13. The number of nitrogens with one attached hydrogen (secondary N) is 7. The highest BCUT2D eigenvalue weighted by Crippen LogP contribution is 2.38. The second-order valence-corrected chi connectivity index (χ2v) is 39.0. The van der Waals surface area contributed by atoms with Gasteiger partial charge in [0.1, 0.15) is 46.1 Å². The molecule has 13 rings (SSSR count). The summed E-state index contributed by atoms with van der Waals surface area (Å²) in [6.45, 7) is 43.8. The van der Waals surface area contributed by atoms with Crippen molar-refractivity contribution in [3.05, 3.63) is 159 Å². The minimum absolute atomic E-state index is 0.0507. The number of aryl methyl sites for hydroxylation is 5. The van der Waals surface area contributed by atoms with Crippen molar-refractivity contribution in [2.24, 2.45) is 0 Å². The molecule has 1 aliphatic rings. The standard InChI is InChI=1S/C25H30N4.C24H32N6O4.C21H31N5O2S.C21H34N4O2.C2H5I/c1-5-6-16-21-27-22-23(29(21)17-18-12-8-7-9-13-18)19-14-10-11-15-20(19)26-24(22)28-25(2,3)4;1-5-6-13-25-22-27-20(29-24(2,3)4)19-21(28-22)30(23(34)26-19)14-15-7-9-16(10-8-15)17(31)11-12-18(32)33;1-6-17-24-18-19(26(17)14-10-9-13-22-29(5,27)28)15-11-7-8-12-16(15)23-20(18)25-21(2,3)4;1-7-27-12-16-23-17-18(25(16)13-21(5,6)26)14-10-8-9-11-15(14)22-19(17)24-20(2,3)4;1-2-3/h7-15H,5-6,16-17H2,1-4H3,(H,26,28);7-10H,5-6,11-14H2,1-4H3,(H,26,34)(H,32,33)(H2,25,27,28,29);7-8,11-12,22H,6,9-10,13-14H2,1-5H3,(H,23,25);26H,7-13H2,1-6H3,(H,22,24);2H2,1H3/i;;;;2D. The fourth-order valence-electron chi connectivity index (χ4n) is 14.4. The molecular weight excluding hydrogens is 1670 g/mol. The van der Waals surface area contributed by atoms with Crippen molar-refractivity contribution in [2.45, 2.75) is 282 Å². The van der Waals surface area contributed by atoms with Gasteiger partial charge >= 0.3 is 11.7 Å². The van der Waals surface area contributed by atoms with Crippen molar-refractivity contribution < 1.29 is 34.3 Å². The maximum absolute atomic E-state index is 12.8. The van der Waals surface area contributed by atoms with E-state index in [-0.39, 0.29) is 57.4 Å². The van der Waals surface area contributed by atoms with Crippen LogP contribution < -0.4 is 37.0 Å². The molecule has 1 unspecified atom stereocenters. The number of aliphatic carboxylic acids is 1. The highest BCUT2D eigenvalue weighted by molar-refractivity contribution is 14.1. The molecule has 27 nitrogen and oxygen atoms in total. The molecule has 0 saturated carbocycles. The van der Waals surface area contributed by atoms with E-state index in [1.54, 1.807) is 24.3 Å². The maximum atomic E-state index is 12.8. The van der Waals surface area contributed by atoms with Gasteiger partial charge in [0.2, 0.25) is 16.0 Å². The number of ether oxygens (including phenoxy) is 1. The first-order valence-electron chi connectivity index (χ1n) is 43.5. The number of H-pyrrole nitrogens is 1. The number of nitrogens with zero attached hydrogens (tertiary/aromatic N) is 12. The predicted molar refractivity (Wildman–Crippen MR) is 508 cm³/mol. The number of imidazole rings is 4. The third-order valence-corrected chi connectivity index (χ3v) is 20.3. The number of para-hydroxylation sites is 2. The summed E-state index contributed by atoms with van der Waals surface area (Å²) < 4.78 is 45.7. The van der Waals surface area contributed by atoms with Gasteiger partial charge in [-0.15, -0.1) is 0 Å². The molecule has 0 amide bonds. The number of sulfonamides is 1. The number of carboxylic acid groups (broad SMARTS) is 1. The molecule has 9 N–H and O–H groups in total. The van der Waals surface area contributed by atoms with Gasteiger partial charge in [0.05, 0.1) is 59.0 Å². The van der Waals surface area contributed by atoms with Crippen LogP contribution in [0.3, 0.4) is 0 Å². The molecule has 29 heteroatoms. The highest BCUT2D eigenvalue weighted by Gasteiger charge is 2.30. The summed E-state index contributed by atoms with van der Waals surface area (Å²) in [5.41, 5.74) is 12.3. The second kappa shape index (κ2) is 42.6. The summed E-state index contributed by atoms with van der Waals surface area (Å²) in [7, 11) is -3.14. The summed E-state index contributed by atoms with van der Waals surface area (Å²) in [6.07, 6.45) is 13.0. The average molecular weight is 1800 g/mol. The Kier molecular flexibility index (Phi) is 33.0. The van der Waals surface area contributed by atoms with Crippen LogP contribution in [-0.2, 0) is 78.0 Å². The number of pyridine rings is 3. The molecule has 0 bridgehead atoms. The first kappa shape index (κ1) is 94.6. The van der Waals surface area contributed by atoms with Gasteiger partial charge in [0.25, 0.3) is 0 Å². The Balaban J connectivity index is 0.000000184. The predicted octanol–water partition coefficient (Wildman–Crippen LogP) is 18.8. The fraction of sp³-hybridized carbons (Fsp3) is 0.516. The number of hydrogen-bond acceptors (Lipinski definition) is 20. The zero-order valence-electron chi connectivity index (χ0n) is 76.4. The van der Waals surface area contributed by atoms with Crippen LogP contribution in [0.1, 0.15) is 247 Å². The molecule has 12 aromatic rings. The first-order valence-corrected chi connectivity index (χ1v) is 46.1. The van der Waals surface area contributed by atoms with Crippen LogP contribution >= 0.6 is 22.6 Å². The third-order valence-electron chi connectivity index (χ3n) is 19.6. The minimum atomic E-state index is -3.14. The number of hydrogen-bond donors (Lipinski definition) is 9. The Hall–Kier alpha value is -9.69. The fourth-order valence-corrected chi connectivity index (χ4v) is 14.9. The van der Waals surface area contributed by atoms with Crippen molar-refractivity contribution in [1.82, 2.24) is 67.8 Å². The highest BCUT2D eigenvalue weighted by atomic mass is 127. The van der Waals surface area contributed by atoms with Gasteiger partial charge in [-0.1, -0.05) is 154 Å². The van der Waals surface area contributed by atoms with Crippen molar-refractivity contribution in [1.29, 1.82) is 0 Å². The van der Waals surface area contributed by atoms with Crippen LogP contribution in [0.2, 0.25) is 0 Å². The summed E-state index contributed by atoms with van der Waals surface area (Å²) >= 11 is 2.01. The van der Waals surface area contributed by atoms with E-state index in [1.165, 1.54) is 46.0 Å². The summed E-state index contributed by atoms with van der Waals surface area (Å²) in [6, 6.07) is 34.0. The minimum Gasteiger partial charge on any atom is -0.481 e. The number of alkyl halides is 1. The van der Waals surface area contributed by atoms with Gasteiger partial charge in [-0.2, -0.15) is 9.97 Å². The summed E-state index contributed by atoms with van der Waals surface area (Å²) in [4.78, 5) is 77.5. The zero-order chi connectivity index (χ0) is 89.9. The van der Waals surface area contributed by atoms with Crippen LogP contribution in [0.4, 0.5) is 29.2 Å². The Morgan fingerprint density at radius 2 is 1.08 bits per heavy atom. The van der Waals surface area contributed by atoms with E-state index in [1.807, 2.05) is 89.3 Å². The number of carbonyl (C=O) groups is 2. The average Bonchev–Trinajstić information content (AvgIpc) is 1.61. The van der Waals surface area contributed by atoms with Crippen LogP contribution in [0.25, 0.3) is 66.1 Å². The number of halogens is 1. The van der Waals surface area contributed by atoms with E-state index < -0.39 is 21.6 Å². The quantitative estimate of drug-likeness (QED) is 0.00843. The molecule has 4 aromatic carbocycles. The van der Waals surface area contributed by atoms with Crippen molar-refractivity contribution >= 4 is 140 Å². The maximum Gasteiger partial charge on any atom is 0.328 e. The molecule has 8 aromatic heterocycles. The largest absolute Gasteiger partial charge is 0.481 e. The van der Waals surface area contributed by atoms with Crippen LogP contribution in [-0.4, -0.2) is 152 Å². The van der Waals surface area contributed by atoms with E-state index in [0.717, 1.165) is 174 Å². The Bertz CT molecular complexity index is 5730. The lowest BCUT2D eigenvalue weighted by Crippen LogP contribution is -2.28. The number of fused-ring (bicyclic) bond motifs is 10. The molecule has 0 aliphatic heterocycles. The van der Waals surface area contributed by atoms with Gasteiger partial charge in [-0.25, -0.2) is 47.8 Å². The van der Waals surface area contributed by atoms with Gasteiger partial charge in [0.15, 0.2) is 34.7 Å². The van der Waals surface area contributed by atoms with Crippen molar-refractivity contribution in [2.75, 3.05) is 56.9 Å². The van der Waals surface area contributed by atoms with E-state index in [4.69, 9.17) is 41.1 Å². The molecule has 8 heterocycles. The molecule has 0 fully saturated rings. The number of carbonyl (C=O) groups excluding carboxylic acids is 1. The smallest absolute Gasteiger partial charge is 0.328 e. The van der Waals surface area contributed by atoms with Gasteiger partial charge in [-0.3, -0.25) is 14.2 Å². The third kappa shape index (κ3) is 27.4. The normalized spacial score (nSPS) is 13.0. The van der Waals surface area contributed by atoms with Gasteiger partial charge < -0.3 is 60.2 Å². The molecule has 1 atom stereocenters. The Morgan fingerprint density at radius 3 is 1.63 bits per heavy atom. The van der Waals surface area contributed by atoms with Crippen LogP contribution in [0, 0.1) is 0 Å². The Morgan fingerprint density at radius 1 is 0.566 bits per heavy atom. The number of Topliss-reactive ketones (excluding diaryl/α,β-unsaturated/α-hetero) is 1. The number of aliphatic hydroxyl groups is 1. The number of benzene rings is 4. The van der Waals surface area contributed by atoms with E-state index in [9.17, 15) is 27.9 Å². The van der Waals surface area contributed by atoms with E-state index >= 15 is 0 Å². The summed E-state index contributed by atoms with van der Waals surface area (Å²) in [5.74, 6) is 5.28. The SMILES string of the molecule is CCCCNc1nc(NC(C)(C)C)c2[nH]c(=O)n(Cc3ccc(C(=O)CCC(=O)O)cc3)c2n1.CCCCc1nc2c(NC(C)(C)C)nc3ccccc3c2n1Cc1ccccc1.CCOCc1nc2c(NC(C)(C)C)nc3c(c2n1CC(C)(C)O)CCCC3.CCc1nc2c(NC(C)(C)C)nc3ccccc3c2n1CCCCNS(C)(=O)=O.[2H]C(C)I. The zero-order valence-corrected chi connectivity index (χ0v) is 78.4. The number of ketones is 1. The molecule has 1 aliphatic carbocycles. The number of rotatable bonds is 31. The summed E-state index contributed by atoms with van der Waals surface area (Å²) in [5, 5.41) is 38.8. The van der Waals surface area contributed by atoms with Crippen molar-refractivity contribution in [3.8, 4) is 0 Å². The first-order chi connectivity index (χ1) is 57.9. The van der Waals surface area contributed by atoms with Crippen molar-refractivity contribution in [3.63, 3.8) is 0 Å². The molecular formula is C93H132IN19O8S. The topological polar surface area (TPSA) is 346 Å². The second-order valence-electron chi connectivity index (χ2n) is 35.9. The molecule has 660 valence electrons. The monoisotopic (exact) mass is 1800 g/mol. The van der Waals surface area contributed by atoms with Crippen LogP contribution in [0.5, 0.6) is 0 Å². The Labute approximate surface area is 735 Å². The number of carboxylic acids is 1. The number of aromatic amines is 1.